The summed E-state index contributed by atoms with van der Waals surface area (Å²) in [6.07, 6.45) is 0. The van der Waals surface area contributed by atoms with Crippen LogP contribution in [-0.4, -0.2) is 21.2 Å². The lowest BCUT2D eigenvalue weighted by Gasteiger charge is -2.17. The summed E-state index contributed by atoms with van der Waals surface area (Å²) in [6.45, 7) is 3.99. The van der Waals surface area contributed by atoms with E-state index in [2.05, 4.69) is 5.32 Å². The number of nitro groups is 1. The number of benzene rings is 3. The molecule has 1 aromatic heterocycles. The molecule has 1 N–H and O–H groups in total. The van der Waals surface area contributed by atoms with E-state index in [1.165, 1.54) is 12.1 Å². The van der Waals surface area contributed by atoms with Crippen LogP contribution in [-0.2, 0) is 6.54 Å². The summed E-state index contributed by atoms with van der Waals surface area (Å²) in [6, 6.07) is 21.6. The molecule has 4 aromatic rings. The van der Waals surface area contributed by atoms with Crippen LogP contribution in [0.4, 0.5) is 5.69 Å². The molecule has 1 amide bonds. The molecule has 176 valence electrons. The summed E-state index contributed by atoms with van der Waals surface area (Å²) in [5.41, 5.74) is 3.66. The van der Waals surface area contributed by atoms with Crippen molar-refractivity contribution in [1.82, 2.24) is 9.88 Å². The SMILES string of the molecule is Cc1cc(C)n(-c2ccc([N+](=O)[O-])cc2C(=O)c2ccccc2Cl)c1CNC(=O)c1ccccc1. The molecule has 0 fully saturated rings. The van der Waals surface area contributed by atoms with E-state index in [1.54, 1.807) is 54.6 Å². The highest BCUT2D eigenvalue weighted by Gasteiger charge is 2.23. The van der Waals surface area contributed by atoms with Gasteiger partial charge in [0.15, 0.2) is 5.78 Å². The van der Waals surface area contributed by atoms with Gasteiger partial charge in [-0.2, -0.15) is 0 Å². The van der Waals surface area contributed by atoms with Crippen LogP contribution in [0.1, 0.15) is 43.2 Å². The number of halogens is 1. The molecule has 0 bridgehead atoms. The summed E-state index contributed by atoms with van der Waals surface area (Å²) in [5, 5.41) is 14.7. The Balaban J connectivity index is 1.80. The van der Waals surface area contributed by atoms with Crippen molar-refractivity contribution in [3.05, 3.63) is 128 Å². The minimum absolute atomic E-state index is 0.140. The number of non-ortho nitro benzene ring substituents is 1. The predicted octanol–water partition coefficient (Wildman–Crippen LogP) is 5.82. The maximum atomic E-state index is 13.5. The highest BCUT2D eigenvalue weighted by Crippen LogP contribution is 2.30. The molecule has 0 atom stereocenters. The summed E-state index contributed by atoms with van der Waals surface area (Å²) in [7, 11) is 0. The quantitative estimate of drug-likeness (QED) is 0.202. The number of hydrogen-bond donors (Lipinski definition) is 1. The molecule has 3 aromatic carbocycles. The van der Waals surface area contributed by atoms with Crippen LogP contribution in [0.2, 0.25) is 5.02 Å². The van der Waals surface area contributed by atoms with Crippen molar-refractivity contribution in [3.63, 3.8) is 0 Å². The Hall–Kier alpha value is -4.23. The van der Waals surface area contributed by atoms with E-state index in [9.17, 15) is 19.7 Å². The first-order valence-electron chi connectivity index (χ1n) is 10.9. The maximum Gasteiger partial charge on any atom is 0.270 e. The lowest BCUT2D eigenvalue weighted by Crippen LogP contribution is -2.25. The Morgan fingerprint density at radius 1 is 0.943 bits per heavy atom. The van der Waals surface area contributed by atoms with Crippen LogP contribution < -0.4 is 5.32 Å². The third-order valence-electron chi connectivity index (χ3n) is 5.75. The van der Waals surface area contributed by atoms with Crippen molar-refractivity contribution in [2.24, 2.45) is 0 Å². The van der Waals surface area contributed by atoms with E-state index >= 15 is 0 Å². The van der Waals surface area contributed by atoms with E-state index < -0.39 is 10.7 Å². The normalized spacial score (nSPS) is 10.7. The zero-order valence-electron chi connectivity index (χ0n) is 19.1. The van der Waals surface area contributed by atoms with Crippen LogP contribution in [0.3, 0.4) is 0 Å². The molecule has 0 saturated carbocycles. The summed E-state index contributed by atoms with van der Waals surface area (Å²) in [5.74, 6) is -0.661. The van der Waals surface area contributed by atoms with Crippen molar-refractivity contribution in [3.8, 4) is 5.69 Å². The van der Waals surface area contributed by atoms with Crippen LogP contribution in [0.5, 0.6) is 0 Å². The number of rotatable bonds is 7. The Morgan fingerprint density at radius 2 is 1.63 bits per heavy atom. The van der Waals surface area contributed by atoms with Gasteiger partial charge in [-0.3, -0.25) is 19.7 Å². The second-order valence-electron chi connectivity index (χ2n) is 8.07. The maximum absolute atomic E-state index is 13.5. The average molecular weight is 488 g/mol. The van der Waals surface area contributed by atoms with Crippen molar-refractivity contribution in [2.45, 2.75) is 20.4 Å². The number of hydrogen-bond acceptors (Lipinski definition) is 4. The predicted molar refractivity (Wildman–Crippen MR) is 134 cm³/mol. The molecule has 0 radical (unpaired) electrons. The number of aryl methyl sites for hydroxylation is 2. The van der Waals surface area contributed by atoms with Crippen molar-refractivity contribution in [2.75, 3.05) is 0 Å². The van der Waals surface area contributed by atoms with Crippen LogP contribution in [0.25, 0.3) is 5.69 Å². The lowest BCUT2D eigenvalue weighted by atomic mass is 10.0. The molecule has 0 aliphatic rings. The number of ketones is 1. The number of aromatic nitrogens is 1. The lowest BCUT2D eigenvalue weighted by molar-refractivity contribution is -0.384. The van der Waals surface area contributed by atoms with Gasteiger partial charge in [0.05, 0.1) is 27.7 Å². The van der Waals surface area contributed by atoms with E-state index in [-0.39, 0.29) is 34.3 Å². The third-order valence-corrected chi connectivity index (χ3v) is 6.08. The standard InChI is InChI=1S/C27H22ClN3O4/c1-17-14-18(2)30(25(17)16-29-27(33)19-8-4-3-5-9-19)24-13-12-20(31(34)35)15-22(24)26(32)21-10-6-7-11-23(21)28/h3-15H,16H2,1-2H3,(H,29,33). The second kappa shape index (κ2) is 9.95. The molecule has 0 aliphatic heterocycles. The minimum Gasteiger partial charge on any atom is -0.346 e. The Labute approximate surface area is 207 Å². The number of nitrogens with zero attached hydrogens (tertiary/aromatic N) is 2. The number of carbonyl (C=O) groups excluding carboxylic acids is 2. The molecular formula is C27H22ClN3O4. The number of carbonyl (C=O) groups is 2. The largest absolute Gasteiger partial charge is 0.346 e. The van der Waals surface area contributed by atoms with Gasteiger partial charge in [-0.15, -0.1) is 0 Å². The van der Waals surface area contributed by atoms with Gasteiger partial charge in [-0.25, -0.2) is 0 Å². The fourth-order valence-corrected chi connectivity index (χ4v) is 4.29. The van der Waals surface area contributed by atoms with Gasteiger partial charge < -0.3 is 9.88 Å². The van der Waals surface area contributed by atoms with Crippen molar-refractivity contribution >= 4 is 29.0 Å². The monoisotopic (exact) mass is 487 g/mol. The summed E-state index contributed by atoms with van der Waals surface area (Å²) in [4.78, 5) is 37.1. The van der Waals surface area contributed by atoms with Crippen LogP contribution >= 0.6 is 11.6 Å². The Kier molecular flexibility index (Phi) is 6.80. The van der Waals surface area contributed by atoms with E-state index in [4.69, 9.17) is 11.6 Å². The molecule has 7 nitrogen and oxygen atoms in total. The zero-order valence-corrected chi connectivity index (χ0v) is 19.9. The fraction of sp³-hybridized carbons (Fsp3) is 0.111. The molecule has 35 heavy (non-hydrogen) atoms. The first-order valence-corrected chi connectivity index (χ1v) is 11.2. The van der Waals surface area contributed by atoms with Gasteiger partial charge in [0, 0.05) is 34.6 Å². The van der Waals surface area contributed by atoms with E-state index in [1.807, 2.05) is 30.5 Å². The molecule has 0 aliphatic carbocycles. The van der Waals surface area contributed by atoms with Gasteiger partial charge in [-0.1, -0.05) is 41.9 Å². The van der Waals surface area contributed by atoms with Crippen molar-refractivity contribution in [1.29, 1.82) is 0 Å². The molecule has 0 unspecified atom stereocenters. The van der Waals surface area contributed by atoms with Crippen LogP contribution in [0.15, 0.2) is 78.9 Å². The van der Waals surface area contributed by atoms with Gasteiger partial charge in [-0.05, 0) is 55.8 Å². The number of nitrogens with one attached hydrogen (secondary N) is 1. The fourth-order valence-electron chi connectivity index (χ4n) is 4.06. The highest BCUT2D eigenvalue weighted by molar-refractivity contribution is 6.35. The smallest absolute Gasteiger partial charge is 0.270 e. The molecule has 0 saturated heterocycles. The summed E-state index contributed by atoms with van der Waals surface area (Å²) < 4.78 is 1.84. The molecule has 8 heteroatoms. The van der Waals surface area contributed by atoms with E-state index in [0.29, 0.717) is 11.3 Å². The molecular weight excluding hydrogens is 466 g/mol. The first-order chi connectivity index (χ1) is 16.8. The van der Waals surface area contributed by atoms with Crippen LogP contribution in [0, 0.1) is 24.0 Å². The van der Waals surface area contributed by atoms with Gasteiger partial charge in [0.1, 0.15) is 0 Å². The Morgan fingerprint density at radius 3 is 2.31 bits per heavy atom. The van der Waals surface area contributed by atoms with Gasteiger partial charge in [0.25, 0.3) is 11.6 Å². The minimum atomic E-state index is -0.540. The topological polar surface area (TPSA) is 94.2 Å². The van der Waals surface area contributed by atoms with Gasteiger partial charge in [0.2, 0.25) is 0 Å². The van der Waals surface area contributed by atoms with Gasteiger partial charge >= 0.3 is 0 Å². The zero-order chi connectivity index (χ0) is 25.1. The molecule has 4 rings (SSSR count). The summed E-state index contributed by atoms with van der Waals surface area (Å²) >= 11 is 6.27. The molecule has 1 heterocycles. The third kappa shape index (κ3) is 4.85. The second-order valence-corrected chi connectivity index (χ2v) is 8.47. The average Bonchev–Trinajstić information content (AvgIpc) is 3.14. The van der Waals surface area contributed by atoms with E-state index in [0.717, 1.165) is 17.0 Å². The number of nitro benzene ring substituents is 1. The first kappa shape index (κ1) is 23.9. The highest BCUT2D eigenvalue weighted by atomic mass is 35.5. The number of amides is 1. The van der Waals surface area contributed by atoms with Crippen molar-refractivity contribution < 1.29 is 14.5 Å². The Bertz CT molecular complexity index is 1440. The molecule has 0 spiro atoms.